The fraction of sp³-hybridized carbons (Fsp3) is 0.308. The smallest absolute Gasteiger partial charge is 0.304 e. The number of rotatable bonds is 1. The second-order valence-corrected chi connectivity index (χ2v) is 4.32. The third-order valence-corrected chi connectivity index (χ3v) is 2.81. The maximum atomic E-state index is 12.2. The van der Waals surface area contributed by atoms with Crippen LogP contribution in [0.15, 0.2) is 35.3 Å². The summed E-state index contributed by atoms with van der Waals surface area (Å²) in [6, 6.07) is 0. The van der Waals surface area contributed by atoms with Crippen molar-refractivity contribution in [1.29, 1.82) is 0 Å². The Labute approximate surface area is 104 Å². The normalized spacial score (nSPS) is 26.5. The van der Waals surface area contributed by atoms with Crippen LogP contribution in [0.5, 0.6) is 0 Å². The molecule has 0 bridgehead atoms. The molecule has 0 aromatic carbocycles. The van der Waals surface area contributed by atoms with Crippen molar-refractivity contribution in [3.63, 3.8) is 0 Å². The maximum Gasteiger partial charge on any atom is 0.304 e. The molecule has 1 heterocycles. The maximum absolute atomic E-state index is 12.2. The number of hydrogen-bond acceptors (Lipinski definition) is 5. The molecule has 5 nitrogen and oxygen atoms in total. The van der Waals surface area contributed by atoms with Crippen LogP contribution in [0.2, 0.25) is 0 Å². The standard InChI is InChI=1S/C13H12O5/c1-7-4-9-5-11(15)13(3,18-8(2)14)12(16)10(9)6-17-7/h4-6H,1-3H3. The number of allylic oxidation sites excluding steroid dienone is 3. The molecule has 2 rings (SSSR count). The van der Waals surface area contributed by atoms with Crippen molar-refractivity contribution in [2.75, 3.05) is 0 Å². The van der Waals surface area contributed by atoms with E-state index in [9.17, 15) is 14.4 Å². The van der Waals surface area contributed by atoms with Crippen molar-refractivity contribution in [1.82, 2.24) is 0 Å². The largest absolute Gasteiger partial charge is 0.469 e. The van der Waals surface area contributed by atoms with Crippen molar-refractivity contribution in [3.05, 3.63) is 35.3 Å². The predicted octanol–water partition coefficient (Wildman–Crippen LogP) is 1.20. The van der Waals surface area contributed by atoms with E-state index in [1.54, 1.807) is 13.0 Å². The van der Waals surface area contributed by atoms with Crippen LogP contribution < -0.4 is 0 Å². The minimum atomic E-state index is -1.79. The average Bonchev–Trinajstić information content (AvgIpc) is 2.25. The Bertz CT molecular complexity index is 550. The van der Waals surface area contributed by atoms with Gasteiger partial charge in [-0.3, -0.25) is 14.4 Å². The van der Waals surface area contributed by atoms with Crippen LogP contribution in [0.3, 0.4) is 0 Å². The summed E-state index contributed by atoms with van der Waals surface area (Å²) in [4.78, 5) is 35.2. The summed E-state index contributed by atoms with van der Waals surface area (Å²) >= 11 is 0. The van der Waals surface area contributed by atoms with E-state index in [1.807, 2.05) is 0 Å². The van der Waals surface area contributed by atoms with Crippen molar-refractivity contribution in [2.45, 2.75) is 26.4 Å². The highest BCUT2D eigenvalue weighted by Crippen LogP contribution is 2.32. The topological polar surface area (TPSA) is 69.7 Å². The lowest BCUT2D eigenvalue weighted by Crippen LogP contribution is -2.50. The van der Waals surface area contributed by atoms with E-state index < -0.39 is 23.1 Å². The molecule has 0 aromatic rings. The first-order chi connectivity index (χ1) is 8.34. The highest BCUT2D eigenvalue weighted by molar-refractivity contribution is 6.26. The molecule has 1 unspecified atom stereocenters. The average molecular weight is 248 g/mol. The third kappa shape index (κ3) is 1.77. The summed E-state index contributed by atoms with van der Waals surface area (Å²) in [5.41, 5.74) is -1.06. The number of Topliss-reactive ketones (excluding diaryl/α,β-unsaturated/α-hetero) is 1. The number of carbonyl (C=O) groups excluding carboxylic acids is 3. The number of carbonyl (C=O) groups is 3. The minimum Gasteiger partial charge on any atom is -0.469 e. The monoisotopic (exact) mass is 248 g/mol. The zero-order valence-electron chi connectivity index (χ0n) is 10.3. The summed E-state index contributed by atoms with van der Waals surface area (Å²) in [7, 11) is 0. The van der Waals surface area contributed by atoms with Crippen LogP contribution in [0, 0.1) is 0 Å². The Morgan fingerprint density at radius 2 is 2.00 bits per heavy atom. The van der Waals surface area contributed by atoms with Crippen LogP contribution in [0.1, 0.15) is 20.8 Å². The molecule has 0 N–H and O–H groups in total. The number of ether oxygens (including phenoxy) is 2. The van der Waals surface area contributed by atoms with E-state index in [4.69, 9.17) is 9.47 Å². The van der Waals surface area contributed by atoms with E-state index in [0.29, 0.717) is 11.3 Å². The van der Waals surface area contributed by atoms with Gasteiger partial charge in [-0.15, -0.1) is 0 Å². The first-order valence-corrected chi connectivity index (χ1v) is 5.40. The molecule has 0 aromatic heterocycles. The first-order valence-electron chi connectivity index (χ1n) is 5.40. The Hall–Kier alpha value is -2.17. The molecule has 2 aliphatic rings. The van der Waals surface area contributed by atoms with Gasteiger partial charge in [-0.1, -0.05) is 0 Å². The van der Waals surface area contributed by atoms with Crippen LogP contribution in [-0.4, -0.2) is 23.1 Å². The van der Waals surface area contributed by atoms with Gasteiger partial charge < -0.3 is 9.47 Å². The molecule has 0 saturated heterocycles. The Morgan fingerprint density at radius 1 is 1.33 bits per heavy atom. The highest BCUT2D eigenvalue weighted by Gasteiger charge is 2.48. The molecule has 94 valence electrons. The molecule has 1 atom stereocenters. The van der Waals surface area contributed by atoms with E-state index >= 15 is 0 Å². The van der Waals surface area contributed by atoms with Crippen molar-refractivity contribution >= 4 is 17.5 Å². The third-order valence-electron chi connectivity index (χ3n) is 2.81. The predicted molar refractivity (Wildman–Crippen MR) is 61.2 cm³/mol. The lowest BCUT2D eigenvalue weighted by atomic mass is 9.80. The van der Waals surface area contributed by atoms with Crippen LogP contribution in [0.4, 0.5) is 0 Å². The summed E-state index contributed by atoms with van der Waals surface area (Å²) in [5, 5.41) is 0. The number of fused-ring (bicyclic) bond motifs is 1. The van der Waals surface area contributed by atoms with Crippen molar-refractivity contribution in [2.24, 2.45) is 0 Å². The summed E-state index contributed by atoms with van der Waals surface area (Å²) in [5.74, 6) is -1.20. The molecule has 0 radical (unpaired) electrons. The van der Waals surface area contributed by atoms with Gasteiger partial charge >= 0.3 is 5.97 Å². The molecule has 5 heteroatoms. The Morgan fingerprint density at radius 3 is 2.61 bits per heavy atom. The molecule has 0 spiro atoms. The van der Waals surface area contributed by atoms with Gasteiger partial charge in [-0.05, 0) is 31.6 Å². The van der Waals surface area contributed by atoms with E-state index in [1.165, 1.54) is 19.3 Å². The molecule has 18 heavy (non-hydrogen) atoms. The first kappa shape index (κ1) is 12.3. The highest BCUT2D eigenvalue weighted by atomic mass is 16.6. The van der Waals surface area contributed by atoms with E-state index in [-0.39, 0.29) is 5.57 Å². The second kappa shape index (κ2) is 3.94. The SMILES string of the molecule is CC(=O)OC1(C)C(=O)C=C2C=C(C)OC=C2C1=O. The zero-order valence-corrected chi connectivity index (χ0v) is 10.3. The fourth-order valence-electron chi connectivity index (χ4n) is 1.89. The van der Waals surface area contributed by atoms with Crippen molar-refractivity contribution < 1.29 is 23.9 Å². The molecule has 0 amide bonds. The molecule has 1 aliphatic carbocycles. The number of ketones is 2. The lowest BCUT2D eigenvalue weighted by Gasteiger charge is -2.30. The zero-order chi connectivity index (χ0) is 13.5. The number of esters is 1. The lowest BCUT2D eigenvalue weighted by molar-refractivity contribution is -0.167. The van der Waals surface area contributed by atoms with Gasteiger partial charge in [0.05, 0.1) is 5.57 Å². The molecule has 0 saturated carbocycles. The van der Waals surface area contributed by atoms with Crippen LogP contribution in [-0.2, 0) is 23.9 Å². The van der Waals surface area contributed by atoms with Gasteiger partial charge in [-0.25, -0.2) is 0 Å². The Balaban J connectivity index is 2.49. The molecule has 0 fully saturated rings. The van der Waals surface area contributed by atoms with E-state index in [0.717, 1.165) is 6.92 Å². The van der Waals surface area contributed by atoms with E-state index in [2.05, 4.69) is 0 Å². The van der Waals surface area contributed by atoms with Gasteiger partial charge in [-0.2, -0.15) is 0 Å². The fourth-order valence-corrected chi connectivity index (χ4v) is 1.89. The molecular formula is C13H12O5. The summed E-state index contributed by atoms with van der Waals surface area (Å²) in [6.45, 7) is 4.15. The van der Waals surface area contributed by atoms with Gasteiger partial charge in [0.2, 0.25) is 17.2 Å². The molecular weight excluding hydrogens is 236 g/mol. The van der Waals surface area contributed by atoms with Crippen LogP contribution >= 0.6 is 0 Å². The summed E-state index contributed by atoms with van der Waals surface area (Å²) < 4.78 is 10.0. The number of hydrogen-bond donors (Lipinski definition) is 0. The van der Waals surface area contributed by atoms with Gasteiger partial charge in [0, 0.05) is 6.92 Å². The summed E-state index contributed by atoms with van der Waals surface area (Å²) in [6.07, 6.45) is 4.17. The van der Waals surface area contributed by atoms with Gasteiger partial charge in [0.1, 0.15) is 12.0 Å². The van der Waals surface area contributed by atoms with Crippen molar-refractivity contribution in [3.8, 4) is 0 Å². The van der Waals surface area contributed by atoms with Crippen LogP contribution in [0.25, 0.3) is 0 Å². The minimum absolute atomic E-state index is 0.240. The van der Waals surface area contributed by atoms with Gasteiger partial charge in [0.15, 0.2) is 0 Å². The Kier molecular flexibility index (Phi) is 2.69. The van der Waals surface area contributed by atoms with Gasteiger partial charge in [0.25, 0.3) is 0 Å². The quantitative estimate of drug-likeness (QED) is 0.515. The second-order valence-electron chi connectivity index (χ2n) is 4.32. The molecule has 1 aliphatic heterocycles.